The van der Waals surface area contributed by atoms with E-state index in [4.69, 9.17) is 4.74 Å². The molecule has 2 aliphatic heterocycles. The Morgan fingerprint density at radius 2 is 1.89 bits per heavy atom. The van der Waals surface area contributed by atoms with Crippen LogP contribution in [0.3, 0.4) is 0 Å². The summed E-state index contributed by atoms with van der Waals surface area (Å²) in [5, 5.41) is 3.55. The van der Waals surface area contributed by atoms with Gasteiger partial charge in [0.25, 0.3) is 0 Å². The molecule has 1 aromatic rings. The van der Waals surface area contributed by atoms with Crippen LogP contribution in [0, 0.1) is 5.92 Å². The Morgan fingerprint density at radius 1 is 1.21 bits per heavy atom. The van der Waals surface area contributed by atoms with Gasteiger partial charge in [-0.05, 0) is 57.6 Å². The summed E-state index contributed by atoms with van der Waals surface area (Å²) in [5.74, 6) is 1.48. The van der Waals surface area contributed by atoms with Crippen molar-refractivity contribution in [3.8, 4) is 0 Å². The van der Waals surface area contributed by atoms with E-state index in [0.717, 1.165) is 51.4 Å². The predicted molar refractivity (Wildman–Crippen MR) is 125 cm³/mol. The molecule has 6 nitrogen and oxygen atoms in total. The summed E-state index contributed by atoms with van der Waals surface area (Å²) in [5.41, 5.74) is 2.20. The highest BCUT2D eigenvalue weighted by atomic mass is 127. The number of fused-ring (bicyclic) bond motifs is 1. The minimum Gasteiger partial charge on any atom is -0.444 e. The largest absolute Gasteiger partial charge is 0.444 e. The van der Waals surface area contributed by atoms with Crippen molar-refractivity contribution < 1.29 is 9.53 Å². The van der Waals surface area contributed by atoms with Crippen molar-refractivity contribution in [3.05, 3.63) is 29.8 Å². The second-order valence-electron chi connectivity index (χ2n) is 8.37. The van der Waals surface area contributed by atoms with E-state index in [1.54, 1.807) is 0 Å². The Morgan fingerprint density at radius 3 is 2.54 bits per heavy atom. The third-order valence-electron chi connectivity index (χ3n) is 5.17. The molecule has 156 valence electrons. The van der Waals surface area contributed by atoms with Crippen molar-refractivity contribution in [2.75, 3.05) is 38.1 Å². The van der Waals surface area contributed by atoms with Gasteiger partial charge in [-0.25, -0.2) is 4.79 Å². The minimum absolute atomic E-state index is 0. The van der Waals surface area contributed by atoms with E-state index >= 15 is 0 Å². The average molecular weight is 500 g/mol. The first-order valence-electron chi connectivity index (χ1n) is 9.91. The fraction of sp³-hybridized carbons (Fsp3) is 0.619. The lowest BCUT2D eigenvalue weighted by Crippen LogP contribution is -2.46. The number of carbonyl (C=O) groups excluding carboxylic acids is 1. The quantitative estimate of drug-likeness (QED) is 0.381. The number of hydrogen-bond donors (Lipinski definition) is 1. The van der Waals surface area contributed by atoms with Crippen LogP contribution < -0.4 is 10.2 Å². The third kappa shape index (κ3) is 5.75. The number of nitrogens with zero attached hydrogens (tertiary/aromatic N) is 3. The Labute approximate surface area is 185 Å². The fourth-order valence-electron chi connectivity index (χ4n) is 3.74. The first-order valence-corrected chi connectivity index (χ1v) is 9.91. The maximum Gasteiger partial charge on any atom is 0.410 e. The highest BCUT2D eigenvalue weighted by Gasteiger charge is 2.28. The molecule has 2 heterocycles. The molecule has 1 N–H and O–H groups in total. The number of carbonyl (C=O) groups is 1. The van der Waals surface area contributed by atoms with Gasteiger partial charge in [0.05, 0.1) is 0 Å². The summed E-state index contributed by atoms with van der Waals surface area (Å²) in [6.07, 6.45) is 2.84. The average Bonchev–Trinajstić information content (AvgIpc) is 3.05. The van der Waals surface area contributed by atoms with Gasteiger partial charge in [0.15, 0.2) is 5.96 Å². The monoisotopic (exact) mass is 500 g/mol. The highest BCUT2D eigenvalue weighted by Crippen LogP contribution is 2.27. The van der Waals surface area contributed by atoms with Crippen LogP contribution >= 0.6 is 24.0 Å². The molecule has 28 heavy (non-hydrogen) atoms. The first kappa shape index (κ1) is 22.8. The zero-order valence-corrected chi connectivity index (χ0v) is 19.7. The maximum atomic E-state index is 12.2. The second kappa shape index (κ2) is 9.80. The molecule has 0 radical (unpaired) electrons. The van der Waals surface area contributed by atoms with Gasteiger partial charge in [-0.2, -0.15) is 0 Å². The zero-order valence-electron chi connectivity index (χ0n) is 17.4. The molecule has 0 saturated carbocycles. The number of likely N-dealkylation sites (tertiary alicyclic amines) is 1. The van der Waals surface area contributed by atoms with Crippen LogP contribution in [0.5, 0.6) is 0 Å². The van der Waals surface area contributed by atoms with Crippen molar-refractivity contribution in [1.82, 2.24) is 10.2 Å². The normalized spacial score (nSPS) is 17.8. The Kier molecular flexibility index (Phi) is 7.97. The Bertz CT molecular complexity index is 694. The molecule has 1 fully saturated rings. The summed E-state index contributed by atoms with van der Waals surface area (Å²) < 4.78 is 5.47. The van der Waals surface area contributed by atoms with Crippen LogP contribution in [0.2, 0.25) is 0 Å². The highest BCUT2D eigenvalue weighted by molar-refractivity contribution is 14.0. The second-order valence-corrected chi connectivity index (χ2v) is 8.37. The lowest BCUT2D eigenvalue weighted by Gasteiger charge is -2.34. The number of guanidine groups is 1. The van der Waals surface area contributed by atoms with E-state index < -0.39 is 5.60 Å². The molecule has 2 aliphatic rings. The predicted octanol–water partition coefficient (Wildman–Crippen LogP) is 3.89. The molecule has 1 amide bonds. The van der Waals surface area contributed by atoms with Crippen LogP contribution in [0.4, 0.5) is 10.5 Å². The molecule has 0 aromatic heterocycles. The Hall–Kier alpha value is -1.51. The van der Waals surface area contributed by atoms with Gasteiger partial charge >= 0.3 is 6.09 Å². The number of halogens is 1. The lowest BCUT2D eigenvalue weighted by molar-refractivity contribution is 0.0185. The summed E-state index contributed by atoms with van der Waals surface area (Å²) in [4.78, 5) is 20.8. The van der Waals surface area contributed by atoms with Crippen LogP contribution in [-0.4, -0.2) is 55.8 Å². The number of ether oxygens (including phenoxy) is 1. The van der Waals surface area contributed by atoms with Crippen molar-refractivity contribution in [3.63, 3.8) is 0 Å². The smallest absolute Gasteiger partial charge is 0.410 e. The standard InChI is InChI=1S/C21H32N4O2.HI/c1-21(2,3)27-20(26)24-12-9-16(10-13-24)15-23-19(22-4)25-14-11-17-7-5-6-8-18(17)25;/h5-8,16H,9-15H2,1-4H3,(H,22,23);1H. The van der Waals surface area contributed by atoms with Gasteiger partial charge in [-0.15, -0.1) is 24.0 Å². The van der Waals surface area contributed by atoms with Crippen molar-refractivity contribution in [2.24, 2.45) is 10.9 Å². The number of anilines is 1. The van der Waals surface area contributed by atoms with Crippen LogP contribution in [0.15, 0.2) is 29.3 Å². The molecule has 7 heteroatoms. The fourth-order valence-corrected chi connectivity index (χ4v) is 3.74. The lowest BCUT2D eigenvalue weighted by atomic mass is 9.97. The zero-order chi connectivity index (χ0) is 19.4. The number of benzene rings is 1. The molecule has 1 aromatic carbocycles. The van der Waals surface area contributed by atoms with Crippen molar-refractivity contribution in [1.29, 1.82) is 0 Å². The number of aliphatic imine (C=N–C) groups is 1. The number of amides is 1. The van der Waals surface area contributed by atoms with Gasteiger partial charge in [0.1, 0.15) is 5.60 Å². The summed E-state index contributed by atoms with van der Waals surface area (Å²) in [6.45, 7) is 9.08. The van der Waals surface area contributed by atoms with Gasteiger partial charge in [0, 0.05) is 38.9 Å². The summed E-state index contributed by atoms with van der Waals surface area (Å²) in [6, 6.07) is 8.53. The minimum atomic E-state index is -0.437. The van der Waals surface area contributed by atoms with E-state index in [9.17, 15) is 4.79 Å². The number of para-hydroxylation sites is 1. The topological polar surface area (TPSA) is 57.2 Å². The van der Waals surface area contributed by atoms with Gasteiger partial charge in [0.2, 0.25) is 0 Å². The van der Waals surface area contributed by atoms with Crippen molar-refractivity contribution >= 4 is 41.7 Å². The molecular formula is C21H33IN4O2. The molecule has 0 aliphatic carbocycles. The molecule has 0 spiro atoms. The summed E-state index contributed by atoms with van der Waals surface area (Å²) in [7, 11) is 1.84. The molecule has 0 unspecified atom stereocenters. The maximum absolute atomic E-state index is 12.2. The number of nitrogens with one attached hydrogen (secondary N) is 1. The van der Waals surface area contributed by atoms with Crippen LogP contribution in [0.25, 0.3) is 0 Å². The third-order valence-corrected chi connectivity index (χ3v) is 5.17. The SMILES string of the molecule is CN=C(NCC1CCN(C(=O)OC(C)(C)C)CC1)N1CCc2ccccc21.I. The van der Waals surface area contributed by atoms with Crippen LogP contribution in [-0.2, 0) is 11.2 Å². The summed E-state index contributed by atoms with van der Waals surface area (Å²) >= 11 is 0. The Balaban J connectivity index is 0.00000280. The number of hydrogen-bond acceptors (Lipinski definition) is 3. The van der Waals surface area contributed by atoms with Crippen LogP contribution in [0.1, 0.15) is 39.2 Å². The number of rotatable bonds is 2. The first-order chi connectivity index (χ1) is 12.9. The molecule has 1 saturated heterocycles. The van der Waals surface area contributed by atoms with Gasteiger partial charge in [-0.3, -0.25) is 4.99 Å². The van der Waals surface area contributed by atoms with E-state index in [0.29, 0.717) is 5.92 Å². The van der Waals surface area contributed by atoms with Gasteiger partial charge < -0.3 is 19.9 Å². The number of piperidine rings is 1. The molecular weight excluding hydrogens is 467 g/mol. The van der Waals surface area contributed by atoms with E-state index in [1.807, 2.05) is 32.7 Å². The van der Waals surface area contributed by atoms with E-state index in [1.165, 1.54) is 11.3 Å². The molecule has 0 bridgehead atoms. The van der Waals surface area contributed by atoms with E-state index in [-0.39, 0.29) is 30.1 Å². The van der Waals surface area contributed by atoms with Crippen molar-refractivity contribution in [2.45, 2.75) is 45.6 Å². The van der Waals surface area contributed by atoms with E-state index in [2.05, 4.69) is 39.5 Å². The molecule has 3 rings (SSSR count). The molecule has 0 atom stereocenters. The van der Waals surface area contributed by atoms with Gasteiger partial charge in [-0.1, -0.05) is 18.2 Å².